The first-order chi connectivity index (χ1) is 10.5. The van der Waals surface area contributed by atoms with Gasteiger partial charge < -0.3 is 16.0 Å². The standard InChI is InChI=1S/C18H19N3O/c1-11-5-4-6-16(13(11)3)21-18(22)20-15-7-8-17-14(10-15)9-12(2)19-17/h4-8,10,19H,2,9H2,1,3H3,(H2,20,21,22). The van der Waals surface area contributed by atoms with E-state index in [-0.39, 0.29) is 6.03 Å². The van der Waals surface area contributed by atoms with Gasteiger partial charge in [-0.05, 0) is 54.8 Å². The van der Waals surface area contributed by atoms with Crippen molar-refractivity contribution in [2.24, 2.45) is 0 Å². The van der Waals surface area contributed by atoms with E-state index < -0.39 is 0 Å². The zero-order valence-corrected chi connectivity index (χ0v) is 12.8. The van der Waals surface area contributed by atoms with Gasteiger partial charge >= 0.3 is 6.03 Å². The molecule has 0 fully saturated rings. The molecule has 0 unspecified atom stereocenters. The highest BCUT2D eigenvalue weighted by Gasteiger charge is 2.14. The van der Waals surface area contributed by atoms with Gasteiger partial charge in [0.1, 0.15) is 0 Å². The third kappa shape index (κ3) is 2.81. The summed E-state index contributed by atoms with van der Waals surface area (Å²) in [5.41, 5.74) is 7.02. The number of anilines is 3. The lowest BCUT2D eigenvalue weighted by Crippen LogP contribution is -2.20. The van der Waals surface area contributed by atoms with E-state index in [4.69, 9.17) is 0 Å². The molecular weight excluding hydrogens is 274 g/mol. The summed E-state index contributed by atoms with van der Waals surface area (Å²) in [5.74, 6) is 0. The molecule has 0 radical (unpaired) electrons. The number of hydrogen-bond acceptors (Lipinski definition) is 2. The number of hydrogen-bond donors (Lipinski definition) is 3. The Bertz CT molecular complexity index is 765. The molecule has 1 aliphatic rings. The van der Waals surface area contributed by atoms with Crippen molar-refractivity contribution in [3.8, 4) is 0 Å². The van der Waals surface area contributed by atoms with Gasteiger partial charge in [0.2, 0.25) is 0 Å². The Kier molecular flexibility index (Phi) is 3.59. The van der Waals surface area contributed by atoms with E-state index in [1.807, 2.05) is 50.2 Å². The zero-order valence-electron chi connectivity index (χ0n) is 12.8. The molecule has 0 saturated carbocycles. The minimum atomic E-state index is -0.238. The van der Waals surface area contributed by atoms with Crippen molar-refractivity contribution in [3.05, 3.63) is 65.4 Å². The molecule has 0 saturated heterocycles. The number of fused-ring (bicyclic) bond motifs is 1. The van der Waals surface area contributed by atoms with Crippen LogP contribution in [0, 0.1) is 13.8 Å². The van der Waals surface area contributed by atoms with Crippen LogP contribution in [0.1, 0.15) is 16.7 Å². The molecule has 2 aromatic rings. The van der Waals surface area contributed by atoms with Crippen molar-refractivity contribution < 1.29 is 4.79 Å². The number of nitrogens with one attached hydrogen (secondary N) is 3. The van der Waals surface area contributed by atoms with Gasteiger partial charge in [-0.3, -0.25) is 0 Å². The summed E-state index contributed by atoms with van der Waals surface area (Å²) in [4.78, 5) is 12.2. The molecule has 2 amide bonds. The highest BCUT2D eigenvalue weighted by atomic mass is 16.2. The van der Waals surface area contributed by atoms with Crippen LogP contribution in [-0.4, -0.2) is 6.03 Å². The van der Waals surface area contributed by atoms with E-state index in [1.54, 1.807) is 0 Å². The first-order valence-corrected chi connectivity index (χ1v) is 7.25. The number of amides is 2. The molecule has 0 spiro atoms. The molecule has 0 atom stereocenters. The fourth-order valence-electron chi connectivity index (χ4n) is 2.58. The number of aryl methyl sites for hydroxylation is 1. The third-order valence-corrected chi connectivity index (χ3v) is 3.93. The number of rotatable bonds is 2. The highest BCUT2D eigenvalue weighted by Crippen LogP contribution is 2.29. The predicted molar refractivity (Wildman–Crippen MR) is 91.5 cm³/mol. The van der Waals surface area contributed by atoms with Crippen LogP contribution in [0.4, 0.5) is 21.9 Å². The van der Waals surface area contributed by atoms with E-state index in [2.05, 4.69) is 22.5 Å². The summed E-state index contributed by atoms with van der Waals surface area (Å²) in [5, 5.41) is 8.98. The maximum atomic E-state index is 12.2. The lowest BCUT2D eigenvalue weighted by Gasteiger charge is -2.12. The first-order valence-electron chi connectivity index (χ1n) is 7.25. The number of carbonyl (C=O) groups is 1. The van der Waals surface area contributed by atoms with Gasteiger partial charge in [0, 0.05) is 29.2 Å². The van der Waals surface area contributed by atoms with E-state index in [1.165, 1.54) is 0 Å². The van der Waals surface area contributed by atoms with Gasteiger partial charge in [0.15, 0.2) is 0 Å². The zero-order chi connectivity index (χ0) is 15.7. The molecule has 3 rings (SSSR count). The Labute approximate surface area is 130 Å². The van der Waals surface area contributed by atoms with Crippen LogP contribution >= 0.6 is 0 Å². The second kappa shape index (κ2) is 5.56. The van der Waals surface area contributed by atoms with Crippen LogP contribution in [0.2, 0.25) is 0 Å². The molecule has 0 aromatic heterocycles. The Morgan fingerprint density at radius 1 is 1.18 bits per heavy atom. The molecule has 22 heavy (non-hydrogen) atoms. The second-order valence-electron chi connectivity index (χ2n) is 5.60. The van der Waals surface area contributed by atoms with Crippen LogP contribution in [0.3, 0.4) is 0 Å². The van der Waals surface area contributed by atoms with Crippen LogP contribution in [0.25, 0.3) is 0 Å². The monoisotopic (exact) mass is 293 g/mol. The SMILES string of the molecule is C=C1Cc2cc(NC(=O)Nc3cccc(C)c3C)ccc2N1. The second-order valence-corrected chi connectivity index (χ2v) is 5.60. The van der Waals surface area contributed by atoms with Crippen LogP contribution in [-0.2, 0) is 6.42 Å². The average molecular weight is 293 g/mol. The van der Waals surface area contributed by atoms with Gasteiger partial charge in [-0.2, -0.15) is 0 Å². The largest absolute Gasteiger partial charge is 0.359 e. The van der Waals surface area contributed by atoms with Gasteiger partial charge in [-0.1, -0.05) is 18.7 Å². The maximum Gasteiger partial charge on any atom is 0.323 e. The maximum absolute atomic E-state index is 12.2. The lowest BCUT2D eigenvalue weighted by atomic mass is 10.1. The molecule has 1 heterocycles. The molecule has 3 N–H and O–H groups in total. The summed E-state index contributed by atoms with van der Waals surface area (Å²) < 4.78 is 0. The van der Waals surface area contributed by atoms with Crippen molar-refractivity contribution in [1.82, 2.24) is 0 Å². The van der Waals surface area contributed by atoms with Crippen molar-refractivity contribution in [1.29, 1.82) is 0 Å². The quantitative estimate of drug-likeness (QED) is 0.767. The molecule has 4 heteroatoms. The summed E-state index contributed by atoms with van der Waals surface area (Å²) >= 11 is 0. The Morgan fingerprint density at radius 3 is 2.82 bits per heavy atom. The van der Waals surface area contributed by atoms with Crippen molar-refractivity contribution in [2.75, 3.05) is 16.0 Å². The fourth-order valence-corrected chi connectivity index (χ4v) is 2.58. The summed E-state index contributed by atoms with van der Waals surface area (Å²) in [7, 11) is 0. The Hall–Kier alpha value is -2.75. The minimum Gasteiger partial charge on any atom is -0.359 e. The molecule has 1 aliphatic heterocycles. The minimum absolute atomic E-state index is 0.238. The lowest BCUT2D eigenvalue weighted by molar-refractivity contribution is 0.262. The van der Waals surface area contributed by atoms with Crippen molar-refractivity contribution >= 4 is 23.1 Å². The molecular formula is C18H19N3O. The normalized spacial score (nSPS) is 12.5. The van der Waals surface area contributed by atoms with Gasteiger partial charge in [0.05, 0.1) is 0 Å². The Balaban J connectivity index is 1.71. The molecule has 2 aromatic carbocycles. The van der Waals surface area contributed by atoms with E-state index in [0.29, 0.717) is 0 Å². The van der Waals surface area contributed by atoms with Crippen molar-refractivity contribution in [2.45, 2.75) is 20.3 Å². The average Bonchev–Trinajstić information content (AvgIpc) is 2.83. The smallest absolute Gasteiger partial charge is 0.323 e. The number of benzene rings is 2. The van der Waals surface area contributed by atoms with Crippen molar-refractivity contribution in [3.63, 3.8) is 0 Å². The van der Waals surface area contributed by atoms with Crippen LogP contribution in [0.15, 0.2) is 48.7 Å². The number of carbonyl (C=O) groups excluding carboxylic acids is 1. The number of allylic oxidation sites excluding steroid dienone is 1. The number of urea groups is 1. The Morgan fingerprint density at radius 2 is 2.00 bits per heavy atom. The fraction of sp³-hybridized carbons (Fsp3) is 0.167. The van der Waals surface area contributed by atoms with Crippen LogP contribution < -0.4 is 16.0 Å². The summed E-state index contributed by atoms with van der Waals surface area (Å²) in [6.45, 7) is 7.95. The van der Waals surface area contributed by atoms with Gasteiger partial charge in [0.25, 0.3) is 0 Å². The van der Waals surface area contributed by atoms with E-state index >= 15 is 0 Å². The predicted octanol–water partition coefficient (Wildman–Crippen LogP) is 4.43. The third-order valence-electron chi connectivity index (χ3n) is 3.93. The molecule has 112 valence electrons. The topological polar surface area (TPSA) is 53.2 Å². The molecule has 0 bridgehead atoms. The van der Waals surface area contributed by atoms with Gasteiger partial charge in [-0.25, -0.2) is 4.79 Å². The highest BCUT2D eigenvalue weighted by molar-refractivity contribution is 6.00. The molecule has 0 aliphatic carbocycles. The summed E-state index contributed by atoms with van der Waals surface area (Å²) in [6.07, 6.45) is 0.795. The first kappa shape index (κ1) is 14.2. The summed E-state index contributed by atoms with van der Waals surface area (Å²) in [6, 6.07) is 11.4. The van der Waals surface area contributed by atoms with Crippen LogP contribution in [0.5, 0.6) is 0 Å². The van der Waals surface area contributed by atoms with Gasteiger partial charge in [-0.15, -0.1) is 0 Å². The van der Waals surface area contributed by atoms with E-state index in [9.17, 15) is 4.79 Å². The van der Waals surface area contributed by atoms with E-state index in [0.717, 1.165) is 45.9 Å². The molecule has 4 nitrogen and oxygen atoms in total.